The van der Waals surface area contributed by atoms with Gasteiger partial charge >= 0.3 is 0 Å². The molecule has 1 fully saturated rings. The average Bonchev–Trinajstić information content (AvgIpc) is 2.66. The third-order valence-corrected chi connectivity index (χ3v) is 5.78. The van der Waals surface area contributed by atoms with E-state index >= 15 is 0 Å². The molecule has 1 aliphatic heterocycles. The van der Waals surface area contributed by atoms with Crippen LogP contribution < -0.4 is 5.32 Å². The molecule has 0 aliphatic carbocycles. The van der Waals surface area contributed by atoms with Crippen molar-refractivity contribution in [3.8, 4) is 5.75 Å². The minimum Gasteiger partial charge on any atom is -0.508 e. The summed E-state index contributed by atoms with van der Waals surface area (Å²) in [5.41, 5.74) is 1.04. The molecule has 2 rings (SSSR count). The van der Waals surface area contributed by atoms with Crippen LogP contribution in [-0.2, 0) is 9.84 Å². The van der Waals surface area contributed by atoms with Crippen molar-refractivity contribution < 1.29 is 13.5 Å². The van der Waals surface area contributed by atoms with Gasteiger partial charge in [0.25, 0.3) is 0 Å². The lowest BCUT2D eigenvalue weighted by molar-refractivity contribution is 0.474. The Morgan fingerprint density at radius 3 is 2.61 bits per heavy atom. The summed E-state index contributed by atoms with van der Waals surface area (Å²) < 4.78 is 23.4. The fraction of sp³-hybridized carbons (Fsp3) is 0.538. The molecule has 0 amide bonds. The lowest BCUT2D eigenvalue weighted by Crippen LogP contribution is -2.32. The number of hydrogen-bond acceptors (Lipinski definition) is 4. The van der Waals surface area contributed by atoms with Crippen LogP contribution in [0.3, 0.4) is 0 Å². The van der Waals surface area contributed by atoms with E-state index in [-0.39, 0.29) is 17.0 Å². The van der Waals surface area contributed by atoms with Crippen molar-refractivity contribution in [3.05, 3.63) is 29.8 Å². The summed E-state index contributed by atoms with van der Waals surface area (Å²) in [5, 5.41) is 12.2. The minimum absolute atomic E-state index is 0.0846. The molecule has 0 radical (unpaired) electrons. The van der Waals surface area contributed by atoms with Crippen molar-refractivity contribution in [2.75, 3.05) is 12.3 Å². The molecule has 0 spiro atoms. The zero-order valence-corrected chi connectivity index (χ0v) is 11.3. The Labute approximate surface area is 108 Å². The van der Waals surface area contributed by atoms with Crippen LogP contribution in [0.2, 0.25) is 0 Å². The zero-order chi connectivity index (χ0) is 13.2. The normalized spacial score (nSPS) is 23.9. The molecule has 0 saturated carbocycles. The van der Waals surface area contributed by atoms with E-state index in [1.807, 2.05) is 19.1 Å². The van der Waals surface area contributed by atoms with Crippen LogP contribution in [0.4, 0.5) is 0 Å². The van der Waals surface area contributed by atoms with Crippen LogP contribution in [0.25, 0.3) is 0 Å². The molecule has 0 aromatic heterocycles. The summed E-state index contributed by atoms with van der Waals surface area (Å²) in [6.45, 7) is 2.50. The van der Waals surface area contributed by atoms with Gasteiger partial charge in [0.2, 0.25) is 0 Å². The van der Waals surface area contributed by atoms with Gasteiger partial charge in [-0.3, -0.25) is 0 Å². The minimum atomic E-state index is -2.87. The molecule has 5 heteroatoms. The highest BCUT2D eigenvalue weighted by Crippen LogP contribution is 2.21. The Morgan fingerprint density at radius 1 is 1.39 bits per heavy atom. The van der Waals surface area contributed by atoms with Gasteiger partial charge in [-0.15, -0.1) is 0 Å². The molecule has 100 valence electrons. The summed E-state index contributed by atoms with van der Waals surface area (Å²) in [6, 6.07) is 7.05. The molecule has 1 aromatic carbocycles. The van der Waals surface area contributed by atoms with Gasteiger partial charge in [0, 0.05) is 12.6 Å². The Bertz CT molecular complexity index is 495. The second-order valence-corrected chi connectivity index (χ2v) is 7.25. The monoisotopic (exact) mass is 269 g/mol. The van der Waals surface area contributed by atoms with Gasteiger partial charge < -0.3 is 10.4 Å². The number of nitrogens with one attached hydrogen (secondary N) is 1. The molecule has 0 bridgehead atoms. The van der Waals surface area contributed by atoms with Crippen molar-refractivity contribution in [2.24, 2.45) is 0 Å². The summed E-state index contributed by atoms with van der Waals surface area (Å²) in [7, 11) is -2.87. The number of phenolic OH excluding ortho intramolecular Hbond substituents is 1. The maximum Gasteiger partial charge on any atom is 0.154 e. The molecular weight excluding hydrogens is 250 g/mol. The first-order valence-electron chi connectivity index (χ1n) is 6.23. The van der Waals surface area contributed by atoms with E-state index in [2.05, 4.69) is 5.32 Å². The molecule has 1 saturated heterocycles. The van der Waals surface area contributed by atoms with Gasteiger partial charge in [0.1, 0.15) is 5.75 Å². The second kappa shape index (κ2) is 5.28. The van der Waals surface area contributed by atoms with Crippen LogP contribution in [0.5, 0.6) is 5.75 Å². The maximum absolute atomic E-state index is 11.7. The van der Waals surface area contributed by atoms with Crippen LogP contribution in [-0.4, -0.2) is 31.1 Å². The van der Waals surface area contributed by atoms with Crippen LogP contribution >= 0.6 is 0 Å². The highest BCUT2D eigenvalue weighted by atomic mass is 32.2. The summed E-state index contributed by atoms with van der Waals surface area (Å²) in [6.07, 6.45) is 1.54. The van der Waals surface area contributed by atoms with E-state index in [1.54, 1.807) is 12.1 Å². The van der Waals surface area contributed by atoms with E-state index in [0.717, 1.165) is 18.4 Å². The average molecular weight is 269 g/mol. The van der Waals surface area contributed by atoms with Crippen LogP contribution in [0, 0.1) is 0 Å². The SMILES string of the molecule is CC(NCC1CCCS1(=O)=O)c1ccc(O)cc1. The number of phenols is 1. The largest absolute Gasteiger partial charge is 0.508 e. The van der Waals surface area contributed by atoms with E-state index in [4.69, 9.17) is 0 Å². The Balaban J connectivity index is 1.92. The smallest absolute Gasteiger partial charge is 0.154 e. The van der Waals surface area contributed by atoms with Gasteiger partial charge in [-0.1, -0.05) is 12.1 Å². The number of aromatic hydroxyl groups is 1. The fourth-order valence-electron chi connectivity index (χ4n) is 2.28. The van der Waals surface area contributed by atoms with Gasteiger partial charge in [0.05, 0.1) is 11.0 Å². The third kappa shape index (κ3) is 3.03. The van der Waals surface area contributed by atoms with Gasteiger partial charge in [0.15, 0.2) is 9.84 Å². The maximum atomic E-state index is 11.7. The predicted molar refractivity (Wildman–Crippen MR) is 71.3 cm³/mol. The van der Waals surface area contributed by atoms with Gasteiger partial charge in [-0.05, 0) is 37.5 Å². The van der Waals surface area contributed by atoms with Crippen LogP contribution in [0.15, 0.2) is 24.3 Å². The summed E-state index contributed by atoms with van der Waals surface area (Å²) in [4.78, 5) is 0. The molecule has 2 N–H and O–H groups in total. The number of sulfone groups is 1. The van der Waals surface area contributed by atoms with Crippen molar-refractivity contribution in [3.63, 3.8) is 0 Å². The van der Waals surface area contributed by atoms with E-state index in [9.17, 15) is 13.5 Å². The molecule has 18 heavy (non-hydrogen) atoms. The molecular formula is C13H19NO3S. The highest BCUT2D eigenvalue weighted by molar-refractivity contribution is 7.92. The summed E-state index contributed by atoms with van der Waals surface area (Å²) >= 11 is 0. The molecule has 2 atom stereocenters. The summed E-state index contributed by atoms with van der Waals surface area (Å²) in [5.74, 6) is 0.566. The second-order valence-electron chi connectivity index (χ2n) is 4.85. The van der Waals surface area contributed by atoms with E-state index in [1.165, 1.54) is 0 Å². The number of benzene rings is 1. The molecule has 1 aliphatic rings. The molecule has 2 unspecified atom stereocenters. The molecule has 1 heterocycles. The highest BCUT2D eigenvalue weighted by Gasteiger charge is 2.31. The quantitative estimate of drug-likeness (QED) is 0.871. The van der Waals surface area contributed by atoms with Crippen molar-refractivity contribution in [1.29, 1.82) is 0 Å². The molecule has 4 nitrogen and oxygen atoms in total. The first-order chi connectivity index (χ1) is 8.49. The van der Waals surface area contributed by atoms with E-state index in [0.29, 0.717) is 12.3 Å². The Kier molecular flexibility index (Phi) is 3.92. The van der Waals surface area contributed by atoms with Crippen molar-refractivity contribution >= 4 is 9.84 Å². The standard InChI is InChI=1S/C13H19NO3S/c1-10(11-4-6-12(15)7-5-11)14-9-13-3-2-8-18(13,16)17/h4-7,10,13-15H,2-3,8-9H2,1H3. The van der Waals surface area contributed by atoms with E-state index < -0.39 is 9.84 Å². The van der Waals surface area contributed by atoms with Gasteiger partial charge in [-0.25, -0.2) is 8.42 Å². The lowest BCUT2D eigenvalue weighted by atomic mass is 10.1. The fourth-order valence-corrected chi connectivity index (χ4v) is 4.05. The zero-order valence-electron chi connectivity index (χ0n) is 10.5. The predicted octanol–water partition coefficient (Wildman–Crippen LogP) is 1.62. The number of hydrogen-bond donors (Lipinski definition) is 2. The first kappa shape index (κ1) is 13.4. The molecule has 1 aromatic rings. The van der Waals surface area contributed by atoms with Crippen LogP contribution in [0.1, 0.15) is 31.4 Å². The Morgan fingerprint density at radius 2 is 2.06 bits per heavy atom. The first-order valence-corrected chi connectivity index (χ1v) is 7.94. The number of rotatable bonds is 4. The van der Waals surface area contributed by atoms with Crippen molar-refractivity contribution in [1.82, 2.24) is 5.32 Å². The third-order valence-electron chi connectivity index (χ3n) is 3.51. The Hall–Kier alpha value is -1.07. The van der Waals surface area contributed by atoms with Crippen molar-refractivity contribution in [2.45, 2.75) is 31.1 Å². The van der Waals surface area contributed by atoms with Gasteiger partial charge in [-0.2, -0.15) is 0 Å². The lowest BCUT2D eigenvalue weighted by Gasteiger charge is -2.17. The topological polar surface area (TPSA) is 66.4 Å².